The van der Waals surface area contributed by atoms with Crippen LogP contribution in [-0.2, 0) is 16.8 Å². The minimum atomic E-state index is -3.29. The van der Waals surface area contributed by atoms with Gasteiger partial charge < -0.3 is 5.11 Å². The summed E-state index contributed by atoms with van der Waals surface area (Å²) in [5.74, 6) is 5.58. The number of hydrogen-bond donors (Lipinski definition) is 1. The molecule has 3 heterocycles. The SMILES string of the molecule is O=S(=O)(N1CCCC1)N1CCCN(Cc2cc(C#CCO)cs2)CC1. The first-order valence-electron chi connectivity index (χ1n) is 8.74. The lowest BCUT2D eigenvalue weighted by molar-refractivity contribution is 0.279. The molecule has 1 N–H and O–H groups in total. The molecule has 8 heteroatoms. The summed E-state index contributed by atoms with van der Waals surface area (Å²) in [7, 11) is -3.29. The summed E-state index contributed by atoms with van der Waals surface area (Å²) in [6.07, 6.45) is 2.80. The fourth-order valence-electron chi connectivity index (χ4n) is 3.31. The number of aliphatic hydroxyl groups is 1. The molecule has 0 saturated carbocycles. The molecule has 0 unspecified atom stereocenters. The van der Waals surface area contributed by atoms with Gasteiger partial charge in [-0.25, -0.2) is 0 Å². The van der Waals surface area contributed by atoms with E-state index in [-0.39, 0.29) is 6.61 Å². The van der Waals surface area contributed by atoms with Crippen molar-refractivity contribution < 1.29 is 13.5 Å². The lowest BCUT2D eigenvalue weighted by atomic mass is 10.3. The first-order valence-corrected chi connectivity index (χ1v) is 11.0. The fraction of sp³-hybridized carbons (Fsp3) is 0.647. The van der Waals surface area contributed by atoms with Gasteiger partial charge in [-0.1, -0.05) is 11.8 Å². The van der Waals surface area contributed by atoms with Crippen molar-refractivity contribution in [2.24, 2.45) is 0 Å². The minimum Gasteiger partial charge on any atom is -0.384 e. The van der Waals surface area contributed by atoms with Crippen molar-refractivity contribution in [2.45, 2.75) is 25.8 Å². The number of nitrogens with zero attached hydrogens (tertiary/aromatic N) is 3. The molecule has 0 amide bonds. The maximum Gasteiger partial charge on any atom is 0.282 e. The Kier molecular flexibility index (Phi) is 6.49. The van der Waals surface area contributed by atoms with Crippen LogP contribution in [0.2, 0.25) is 0 Å². The van der Waals surface area contributed by atoms with Crippen LogP contribution in [0, 0.1) is 11.8 Å². The van der Waals surface area contributed by atoms with Gasteiger partial charge in [0, 0.05) is 55.1 Å². The average molecular weight is 384 g/mol. The maximum absolute atomic E-state index is 12.7. The average Bonchev–Trinajstić information content (AvgIpc) is 3.22. The van der Waals surface area contributed by atoms with Crippen molar-refractivity contribution in [3.63, 3.8) is 0 Å². The molecule has 25 heavy (non-hydrogen) atoms. The molecule has 2 aliphatic rings. The third kappa shape index (κ3) is 4.82. The van der Waals surface area contributed by atoms with Gasteiger partial charge in [-0.3, -0.25) is 4.90 Å². The third-order valence-corrected chi connectivity index (χ3v) is 7.57. The first-order chi connectivity index (χ1) is 12.1. The van der Waals surface area contributed by atoms with Gasteiger partial charge >= 0.3 is 0 Å². The van der Waals surface area contributed by atoms with Crippen LogP contribution in [0.1, 0.15) is 29.7 Å². The van der Waals surface area contributed by atoms with Crippen LogP contribution in [0.5, 0.6) is 0 Å². The molecule has 2 fully saturated rings. The van der Waals surface area contributed by atoms with Crippen LogP contribution in [0.4, 0.5) is 0 Å². The molecule has 0 radical (unpaired) electrons. The van der Waals surface area contributed by atoms with E-state index in [4.69, 9.17) is 5.11 Å². The summed E-state index contributed by atoms with van der Waals surface area (Å²) < 4.78 is 28.7. The standard InChI is InChI=1S/C17H25N3O3S2/c21-12-3-5-16-13-17(24-15-16)14-18-6-4-9-20(11-10-18)25(22,23)19-7-1-2-8-19/h13,15,21H,1-2,4,6-12,14H2. The van der Waals surface area contributed by atoms with Crippen LogP contribution in [-0.4, -0.2) is 72.9 Å². The number of hydrogen-bond acceptors (Lipinski definition) is 5. The summed E-state index contributed by atoms with van der Waals surface area (Å²) in [4.78, 5) is 3.53. The Morgan fingerprint density at radius 2 is 1.76 bits per heavy atom. The zero-order valence-electron chi connectivity index (χ0n) is 14.4. The van der Waals surface area contributed by atoms with Gasteiger partial charge in [-0.05, 0) is 31.9 Å². The minimum absolute atomic E-state index is 0.126. The van der Waals surface area contributed by atoms with Crippen molar-refractivity contribution in [2.75, 3.05) is 45.9 Å². The van der Waals surface area contributed by atoms with E-state index in [9.17, 15) is 8.42 Å². The quantitative estimate of drug-likeness (QED) is 0.786. The zero-order chi connectivity index (χ0) is 17.7. The molecule has 0 aromatic carbocycles. The largest absolute Gasteiger partial charge is 0.384 e. The van der Waals surface area contributed by atoms with Gasteiger partial charge in [0.05, 0.1) is 0 Å². The second kappa shape index (κ2) is 8.62. The van der Waals surface area contributed by atoms with E-state index < -0.39 is 10.2 Å². The highest BCUT2D eigenvalue weighted by atomic mass is 32.2. The van der Waals surface area contributed by atoms with E-state index in [0.717, 1.165) is 44.5 Å². The Bertz CT molecular complexity index is 730. The smallest absolute Gasteiger partial charge is 0.282 e. The van der Waals surface area contributed by atoms with E-state index in [1.165, 1.54) is 4.88 Å². The Labute approximate surface area is 154 Å². The monoisotopic (exact) mass is 383 g/mol. The molecule has 6 nitrogen and oxygen atoms in total. The Morgan fingerprint density at radius 1 is 1.04 bits per heavy atom. The Balaban J connectivity index is 1.57. The number of aliphatic hydroxyl groups excluding tert-OH is 1. The molecular formula is C17H25N3O3S2. The van der Waals surface area contributed by atoms with Crippen molar-refractivity contribution in [3.05, 3.63) is 21.9 Å². The Morgan fingerprint density at radius 3 is 2.52 bits per heavy atom. The van der Waals surface area contributed by atoms with Gasteiger partial charge in [0.15, 0.2) is 0 Å². The van der Waals surface area contributed by atoms with Gasteiger partial charge in [-0.15, -0.1) is 11.3 Å². The second-order valence-corrected chi connectivity index (χ2v) is 9.33. The van der Waals surface area contributed by atoms with Crippen LogP contribution >= 0.6 is 11.3 Å². The molecule has 0 aliphatic carbocycles. The molecule has 138 valence electrons. The number of rotatable bonds is 4. The van der Waals surface area contributed by atoms with Gasteiger partial charge in [0.25, 0.3) is 10.2 Å². The molecule has 0 spiro atoms. The van der Waals surface area contributed by atoms with Crippen molar-refractivity contribution >= 4 is 21.5 Å². The molecule has 2 aliphatic heterocycles. The zero-order valence-corrected chi connectivity index (χ0v) is 16.0. The lowest BCUT2D eigenvalue weighted by Crippen LogP contribution is -2.44. The van der Waals surface area contributed by atoms with E-state index in [1.807, 2.05) is 5.38 Å². The fourth-order valence-corrected chi connectivity index (χ4v) is 5.89. The summed E-state index contributed by atoms with van der Waals surface area (Å²) in [6.45, 7) is 4.84. The van der Waals surface area contributed by atoms with Crippen LogP contribution in [0.15, 0.2) is 11.4 Å². The van der Waals surface area contributed by atoms with Crippen LogP contribution in [0.3, 0.4) is 0 Å². The topological polar surface area (TPSA) is 64.1 Å². The molecule has 2 saturated heterocycles. The van der Waals surface area contributed by atoms with Crippen molar-refractivity contribution in [1.29, 1.82) is 0 Å². The van der Waals surface area contributed by atoms with Crippen molar-refractivity contribution in [3.8, 4) is 11.8 Å². The summed E-state index contributed by atoms with van der Waals surface area (Å²) >= 11 is 1.66. The van der Waals surface area contributed by atoms with Crippen LogP contribution < -0.4 is 0 Å². The predicted molar refractivity (Wildman–Crippen MR) is 99.5 cm³/mol. The normalized spacial score (nSPS) is 21.0. The Hall–Kier alpha value is -0.950. The van der Waals surface area contributed by atoms with Gasteiger partial charge in [-0.2, -0.15) is 17.0 Å². The molecular weight excluding hydrogens is 358 g/mol. The van der Waals surface area contributed by atoms with E-state index in [2.05, 4.69) is 22.8 Å². The second-order valence-electron chi connectivity index (χ2n) is 6.40. The molecule has 3 rings (SSSR count). The molecule has 0 atom stereocenters. The number of thiophene rings is 1. The van der Waals surface area contributed by atoms with E-state index in [0.29, 0.717) is 26.2 Å². The highest BCUT2D eigenvalue weighted by Gasteiger charge is 2.32. The van der Waals surface area contributed by atoms with E-state index >= 15 is 0 Å². The van der Waals surface area contributed by atoms with Gasteiger partial charge in [0.2, 0.25) is 0 Å². The predicted octanol–water partition coefficient (Wildman–Crippen LogP) is 0.940. The third-order valence-electron chi connectivity index (χ3n) is 4.61. The molecule has 1 aromatic rings. The highest BCUT2D eigenvalue weighted by molar-refractivity contribution is 7.86. The van der Waals surface area contributed by atoms with Gasteiger partial charge in [0.1, 0.15) is 6.61 Å². The first kappa shape index (κ1) is 18.8. The van der Waals surface area contributed by atoms with E-state index in [1.54, 1.807) is 19.9 Å². The summed E-state index contributed by atoms with van der Waals surface area (Å²) in [5.41, 5.74) is 0.933. The summed E-state index contributed by atoms with van der Waals surface area (Å²) in [5, 5.41) is 10.8. The van der Waals surface area contributed by atoms with Crippen molar-refractivity contribution in [1.82, 2.24) is 13.5 Å². The van der Waals surface area contributed by atoms with Crippen LogP contribution in [0.25, 0.3) is 0 Å². The molecule has 0 bridgehead atoms. The lowest BCUT2D eigenvalue weighted by Gasteiger charge is -2.26. The molecule has 1 aromatic heterocycles. The maximum atomic E-state index is 12.7. The summed E-state index contributed by atoms with van der Waals surface area (Å²) in [6, 6.07) is 2.05. The highest BCUT2D eigenvalue weighted by Crippen LogP contribution is 2.20.